The zero-order valence-electron chi connectivity index (χ0n) is 12.0. The lowest BCUT2D eigenvalue weighted by molar-refractivity contribution is 0.0240. The molecule has 0 spiro atoms. The quantitative estimate of drug-likeness (QED) is 0.598. The monoisotopic (exact) mass is 291 g/mol. The van der Waals surface area contributed by atoms with Crippen LogP contribution in [0.25, 0.3) is 0 Å². The third-order valence-corrected chi connectivity index (χ3v) is 4.06. The van der Waals surface area contributed by atoms with Gasteiger partial charge in [0.15, 0.2) is 5.13 Å². The summed E-state index contributed by atoms with van der Waals surface area (Å²) in [5, 5.41) is 1.08. The fraction of sp³-hybridized carbons (Fsp3) is 0.400. The summed E-state index contributed by atoms with van der Waals surface area (Å²) in [5.41, 5.74) is 4.15. The first-order chi connectivity index (χ1) is 9.83. The molecule has 0 aliphatic rings. The van der Waals surface area contributed by atoms with Crippen molar-refractivity contribution in [2.24, 2.45) is 0 Å². The van der Waals surface area contributed by atoms with E-state index in [2.05, 4.69) is 29.2 Å². The lowest BCUT2D eigenvalue weighted by Gasteiger charge is -2.16. The third kappa shape index (κ3) is 4.30. The number of rotatable bonds is 8. The number of hydrogen-bond donors (Lipinski definition) is 1. The zero-order valence-corrected chi connectivity index (χ0v) is 12.8. The molecule has 0 bridgehead atoms. The van der Waals surface area contributed by atoms with Crippen LogP contribution in [0.4, 0.5) is 5.13 Å². The fourth-order valence-corrected chi connectivity index (χ4v) is 2.81. The van der Waals surface area contributed by atoms with Crippen LogP contribution in [0.2, 0.25) is 0 Å². The Kier molecular flexibility index (Phi) is 5.98. The van der Waals surface area contributed by atoms with E-state index in [-0.39, 0.29) is 0 Å². The molecule has 5 heteroatoms. The maximum absolute atomic E-state index is 5.46. The lowest BCUT2D eigenvalue weighted by atomic mass is 10.2. The van der Waals surface area contributed by atoms with Crippen molar-refractivity contribution in [2.75, 3.05) is 18.0 Å². The van der Waals surface area contributed by atoms with Gasteiger partial charge in [-0.05, 0) is 19.4 Å². The second-order valence-corrected chi connectivity index (χ2v) is 5.47. The molecule has 108 valence electrons. The van der Waals surface area contributed by atoms with Gasteiger partial charge in [0, 0.05) is 24.2 Å². The molecule has 0 fully saturated rings. The van der Waals surface area contributed by atoms with Gasteiger partial charge in [-0.25, -0.2) is 4.98 Å². The van der Waals surface area contributed by atoms with E-state index in [0.29, 0.717) is 13.2 Å². The second-order valence-electron chi connectivity index (χ2n) is 4.38. The Labute approximate surface area is 124 Å². The summed E-state index contributed by atoms with van der Waals surface area (Å²) >= 11 is 1.71. The van der Waals surface area contributed by atoms with Gasteiger partial charge in [-0.3, -0.25) is 4.84 Å². The van der Waals surface area contributed by atoms with Crippen molar-refractivity contribution in [3.05, 3.63) is 47.0 Å². The number of anilines is 1. The minimum absolute atomic E-state index is 0.572. The lowest BCUT2D eigenvalue weighted by Crippen LogP contribution is -2.21. The molecular formula is C15H21N3OS. The first kappa shape index (κ1) is 15.0. The van der Waals surface area contributed by atoms with Gasteiger partial charge in [0.2, 0.25) is 0 Å². The molecule has 0 saturated heterocycles. The van der Waals surface area contributed by atoms with Crippen LogP contribution in [0.15, 0.2) is 36.5 Å². The molecule has 1 N–H and O–H groups in total. The smallest absolute Gasteiger partial charge is 0.185 e. The van der Waals surface area contributed by atoms with Crippen molar-refractivity contribution in [3.8, 4) is 0 Å². The van der Waals surface area contributed by atoms with E-state index in [9.17, 15) is 0 Å². The first-order valence-electron chi connectivity index (χ1n) is 6.91. The van der Waals surface area contributed by atoms with Crippen LogP contribution in [-0.4, -0.2) is 18.1 Å². The molecule has 0 amide bonds. The van der Waals surface area contributed by atoms with Crippen LogP contribution in [0.1, 0.15) is 24.3 Å². The largest absolute Gasteiger partial charge is 0.349 e. The number of thiazole rings is 1. The maximum Gasteiger partial charge on any atom is 0.185 e. The van der Waals surface area contributed by atoms with E-state index in [4.69, 9.17) is 4.84 Å². The van der Waals surface area contributed by atoms with Crippen LogP contribution in [0.3, 0.4) is 0 Å². The summed E-state index contributed by atoms with van der Waals surface area (Å²) in [7, 11) is 0. The maximum atomic E-state index is 5.46. The van der Waals surface area contributed by atoms with E-state index in [1.165, 1.54) is 4.88 Å². The van der Waals surface area contributed by atoms with Crippen molar-refractivity contribution in [1.29, 1.82) is 0 Å². The number of nitrogens with zero attached hydrogens (tertiary/aromatic N) is 2. The minimum atomic E-state index is 0.572. The Bertz CT molecular complexity index is 497. The Morgan fingerprint density at radius 2 is 1.95 bits per heavy atom. The Morgan fingerprint density at radius 3 is 2.65 bits per heavy atom. The number of nitrogens with one attached hydrogen (secondary N) is 1. The molecule has 2 rings (SSSR count). The summed E-state index contributed by atoms with van der Waals surface area (Å²) in [6, 6.07) is 10.1. The average molecular weight is 291 g/mol. The number of aromatic nitrogens is 1. The molecule has 4 nitrogen and oxygen atoms in total. The van der Waals surface area contributed by atoms with Gasteiger partial charge < -0.3 is 4.90 Å². The predicted molar refractivity (Wildman–Crippen MR) is 83.7 cm³/mol. The summed E-state index contributed by atoms with van der Waals surface area (Å²) in [6.45, 7) is 7.52. The number of hydroxylamine groups is 1. The van der Waals surface area contributed by atoms with E-state index in [0.717, 1.165) is 23.8 Å². The highest BCUT2D eigenvalue weighted by molar-refractivity contribution is 7.15. The van der Waals surface area contributed by atoms with Crippen molar-refractivity contribution >= 4 is 16.5 Å². The number of hydrogen-bond acceptors (Lipinski definition) is 5. The summed E-state index contributed by atoms with van der Waals surface area (Å²) in [6.07, 6.45) is 1.91. The Balaban J connectivity index is 1.74. The van der Waals surface area contributed by atoms with Gasteiger partial charge >= 0.3 is 0 Å². The van der Waals surface area contributed by atoms with Crippen molar-refractivity contribution in [1.82, 2.24) is 10.5 Å². The van der Waals surface area contributed by atoms with Crippen molar-refractivity contribution in [2.45, 2.75) is 27.0 Å². The van der Waals surface area contributed by atoms with Gasteiger partial charge in [-0.15, -0.1) is 11.3 Å². The molecule has 0 aliphatic heterocycles. The van der Waals surface area contributed by atoms with Crippen molar-refractivity contribution in [3.63, 3.8) is 0 Å². The number of benzene rings is 1. The summed E-state index contributed by atoms with van der Waals surface area (Å²) in [5.74, 6) is 0. The van der Waals surface area contributed by atoms with E-state index >= 15 is 0 Å². The summed E-state index contributed by atoms with van der Waals surface area (Å²) < 4.78 is 0. The van der Waals surface area contributed by atoms with E-state index in [1.54, 1.807) is 11.3 Å². The molecule has 0 radical (unpaired) electrons. The van der Waals surface area contributed by atoms with Crippen molar-refractivity contribution < 1.29 is 4.84 Å². The fourth-order valence-electron chi connectivity index (χ4n) is 1.85. The molecule has 1 aromatic heterocycles. The average Bonchev–Trinajstić information content (AvgIpc) is 2.95. The van der Waals surface area contributed by atoms with Crippen LogP contribution in [0, 0.1) is 0 Å². The molecular weight excluding hydrogens is 270 g/mol. The molecule has 0 saturated carbocycles. The van der Waals surface area contributed by atoms with Crippen LogP contribution in [-0.2, 0) is 18.0 Å². The van der Waals surface area contributed by atoms with E-state index < -0.39 is 0 Å². The molecule has 0 aliphatic carbocycles. The SMILES string of the molecule is CCN(CC)c1ncc(CNOCc2ccccc2)s1. The predicted octanol–water partition coefficient (Wildman–Crippen LogP) is 3.21. The standard InChI is InChI=1S/C15H21N3OS/c1-3-18(4-2)15-16-10-14(20-15)11-17-19-12-13-8-6-5-7-9-13/h5-10,17H,3-4,11-12H2,1-2H3. The molecule has 2 aromatic rings. The molecule has 0 atom stereocenters. The van der Waals surface area contributed by atoms with Gasteiger partial charge in [0.25, 0.3) is 0 Å². The Morgan fingerprint density at radius 1 is 1.20 bits per heavy atom. The molecule has 1 aromatic carbocycles. The van der Waals surface area contributed by atoms with Gasteiger partial charge in [-0.2, -0.15) is 5.48 Å². The normalized spacial score (nSPS) is 10.7. The molecule has 0 unspecified atom stereocenters. The van der Waals surface area contributed by atoms with Gasteiger partial charge in [-0.1, -0.05) is 30.3 Å². The van der Waals surface area contributed by atoms with Crippen LogP contribution < -0.4 is 10.4 Å². The second kappa shape index (κ2) is 7.99. The molecule has 20 heavy (non-hydrogen) atoms. The highest BCUT2D eigenvalue weighted by Gasteiger charge is 2.07. The zero-order chi connectivity index (χ0) is 14.2. The van der Waals surface area contributed by atoms with Gasteiger partial charge in [0.1, 0.15) is 0 Å². The highest BCUT2D eigenvalue weighted by atomic mass is 32.1. The minimum Gasteiger partial charge on any atom is -0.349 e. The Hall–Kier alpha value is -1.43. The topological polar surface area (TPSA) is 37.4 Å². The third-order valence-electron chi connectivity index (χ3n) is 3.01. The molecule has 1 heterocycles. The van der Waals surface area contributed by atoms with Crippen LogP contribution in [0.5, 0.6) is 0 Å². The first-order valence-corrected chi connectivity index (χ1v) is 7.73. The van der Waals surface area contributed by atoms with E-state index in [1.807, 2.05) is 36.5 Å². The highest BCUT2D eigenvalue weighted by Crippen LogP contribution is 2.21. The summed E-state index contributed by atoms with van der Waals surface area (Å²) in [4.78, 5) is 13.3. The van der Waals surface area contributed by atoms with Crippen LogP contribution >= 0.6 is 11.3 Å². The van der Waals surface area contributed by atoms with Gasteiger partial charge in [0.05, 0.1) is 13.2 Å².